The van der Waals surface area contributed by atoms with Crippen molar-refractivity contribution in [2.75, 3.05) is 21.1 Å². The minimum absolute atomic E-state index is 0. The number of nitrogens with zero attached hydrogens (tertiary/aromatic N) is 3. The molecule has 0 spiro atoms. The minimum Gasteiger partial charge on any atom is -0.351 e. The molecular weight excluding hydrogens is 535 g/mol. The molecule has 3 aromatic rings. The van der Waals surface area contributed by atoms with Crippen molar-refractivity contribution in [2.45, 2.75) is 44.4 Å². The Morgan fingerprint density at radius 1 is 1.11 bits per heavy atom. The molecule has 3 atom stereocenters. The van der Waals surface area contributed by atoms with Crippen LogP contribution in [0.3, 0.4) is 0 Å². The molecule has 2 aromatic heterocycles. The SMILES string of the molecule is CN1Cc2nc(C(=O)N[C@@H]3C[C@@H](C(=O)N(C)C)CC[C@@H]3NC(=O)c3cc4cc(Cl)ccc4[nH]3)sc2C1.Cl. The van der Waals surface area contributed by atoms with Gasteiger partial charge < -0.3 is 20.5 Å². The second-order valence-electron chi connectivity index (χ2n) is 9.88. The molecule has 0 bridgehead atoms. The molecule has 1 aromatic carbocycles. The number of hydrogen-bond acceptors (Lipinski definition) is 6. The van der Waals surface area contributed by atoms with Crippen molar-refractivity contribution in [2.24, 2.45) is 5.92 Å². The van der Waals surface area contributed by atoms with E-state index in [4.69, 9.17) is 11.6 Å². The van der Waals surface area contributed by atoms with E-state index >= 15 is 0 Å². The Morgan fingerprint density at radius 2 is 1.86 bits per heavy atom. The number of halogens is 2. The number of fused-ring (bicyclic) bond motifs is 2. The van der Waals surface area contributed by atoms with E-state index in [2.05, 4.69) is 25.5 Å². The summed E-state index contributed by atoms with van der Waals surface area (Å²) in [6.45, 7) is 1.52. The molecule has 2 aliphatic rings. The van der Waals surface area contributed by atoms with Gasteiger partial charge in [0.25, 0.3) is 11.8 Å². The largest absolute Gasteiger partial charge is 0.351 e. The lowest BCUT2D eigenvalue weighted by Gasteiger charge is -2.37. The third-order valence-electron chi connectivity index (χ3n) is 6.91. The number of rotatable bonds is 5. The molecule has 9 nitrogen and oxygen atoms in total. The molecule has 0 radical (unpaired) electrons. The molecule has 3 N–H and O–H groups in total. The highest BCUT2D eigenvalue weighted by Crippen LogP contribution is 2.30. The number of aromatic amines is 1. The summed E-state index contributed by atoms with van der Waals surface area (Å²) in [6.07, 6.45) is 1.66. The van der Waals surface area contributed by atoms with Gasteiger partial charge in [-0.25, -0.2) is 4.98 Å². The predicted molar refractivity (Wildman–Crippen MR) is 146 cm³/mol. The molecule has 1 fully saturated rings. The number of thiazole rings is 1. The lowest BCUT2D eigenvalue weighted by Crippen LogP contribution is -2.56. The number of carbonyl (C=O) groups is 3. The summed E-state index contributed by atoms with van der Waals surface area (Å²) in [5.41, 5.74) is 2.18. The van der Waals surface area contributed by atoms with Crippen molar-refractivity contribution in [3.05, 3.63) is 50.6 Å². The predicted octanol–water partition coefficient (Wildman–Crippen LogP) is 3.43. The number of benzene rings is 1. The van der Waals surface area contributed by atoms with Crippen LogP contribution in [0.25, 0.3) is 10.9 Å². The van der Waals surface area contributed by atoms with Crippen LogP contribution < -0.4 is 10.6 Å². The number of hydrogen-bond donors (Lipinski definition) is 3. The van der Waals surface area contributed by atoms with Crippen LogP contribution >= 0.6 is 35.3 Å². The molecule has 3 amide bonds. The fourth-order valence-electron chi connectivity index (χ4n) is 5.08. The van der Waals surface area contributed by atoms with Crippen molar-refractivity contribution in [1.82, 2.24) is 30.4 Å². The molecule has 198 valence electrons. The van der Waals surface area contributed by atoms with E-state index in [0.717, 1.165) is 34.6 Å². The van der Waals surface area contributed by atoms with Gasteiger partial charge in [0.05, 0.1) is 11.7 Å². The van der Waals surface area contributed by atoms with Crippen LogP contribution in [-0.2, 0) is 17.9 Å². The van der Waals surface area contributed by atoms with Gasteiger partial charge in [0.2, 0.25) is 5.91 Å². The van der Waals surface area contributed by atoms with E-state index in [1.165, 1.54) is 11.3 Å². The topological polar surface area (TPSA) is 110 Å². The summed E-state index contributed by atoms with van der Waals surface area (Å²) >= 11 is 7.49. The average Bonchev–Trinajstić information content (AvgIpc) is 3.52. The maximum Gasteiger partial charge on any atom is 0.280 e. The van der Waals surface area contributed by atoms with Crippen LogP contribution in [0, 0.1) is 5.92 Å². The third kappa shape index (κ3) is 5.77. The van der Waals surface area contributed by atoms with Crippen LogP contribution in [0.1, 0.15) is 50.1 Å². The standard InChI is InChI=1S/C25H29ClN6O3S.ClH/c1-31(2)25(35)13-4-6-17(28-22(33)19-10-14-8-15(26)5-7-16(14)27-19)18(9-13)29-23(34)24-30-20-11-32(3)12-21(20)36-24;/h5,7-8,10,13,17-18,27H,4,6,9,11-12H2,1-3H3,(H,28,33)(H,29,34);1H/t13-,17-,18+;/m0./s1. The van der Waals surface area contributed by atoms with Crippen LogP contribution in [0.15, 0.2) is 24.3 Å². The molecule has 1 saturated carbocycles. The normalized spacial score (nSPS) is 21.2. The van der Waals surface area contributed by atoms with Crippen LogP contribution in [0.4, 0.5) is 0 Å². The van der Waals surface area contributed by atoms with Gasteiger partial charge in [-0.15, -0.1) is 23.7 Å². The zero-order valence-corrected chi connectivity index (χ0v) is 23.2. The Balaban J connectivity index is 0.00000320. The monoisotopic (exact) mass is 564 g/mol. The van der Waals surface area contributed by atoms with E-state index in [9.17, 15) is 14.4 Å². The van der Waals surface area contributed by atoms with Crippen LogP contribution in [0.2, 0.25) is 5.02 Å². The van der Waals surface area contributed by atoms with E-state index in [0.29, 0.717) is 35.0 Å². The zero-order valence-electron chi connectivity index (χ0n) is 20.8. The van der Waals surface area contributed by atoms with Gasteiger partial charge in [-0.05, 0) is 50.6 Å². The Kier molecular flexibility index (Phi) is 8.13. The summed E-state index contributed by atoms with van der Waals surface area (Å²) < 4.78 is 0. The highest BCUT2D eigenvalue weighted by Gasteiger charge is 2.37. The fraction of sp³-hybridized carbons (Fsp3) is 0.440. The quantitative estimate of drug-likeness (QED) is 0.439. The van der Waals surface area contributed by atoms with Gasteiger partial charge in [0.15, 0.2) is 5.01 Å². The second-order valence-corrected chi connectivity index (χ2v) is 11.4. The maximum absolute atomic E-state index is 13.2. The number of amides is 3. The Morgan fingerprint density at radius 3 is 2.59 bits per heavy atom. The first kappa shape index (κ1) is 27.4. The van der Waals surface area contributed by atoms with Crippen molar-refractivity contribution >= 4 is 64.0 Å². The highest BCUT2D eigenvalue weighted by molar-refractivity contribution is 7.13. The summed E-state index contributed by atoms with van der Waals surface area (Å²) in [5.74, 6) is -0.717. The molecule has 1 aliphatic carbocycles. The third-order valence-corrected chi connectivity index (χ3v) is 8.22. The molecule has 37 heavy (non-hydrogen) atoms. The van der Waals surface area contributed by atoms with Gasteiger partial charge in [-0.1, -0.05) is 11.6 Å². The van der Waals surface area contributed by atoms with Crippen LogP contribution in [0.5, 0.6) is 0 Å². The maximum atomic E-state index is 13.2. The lowest BCUT2D eigenvalue weighted by molar-refractivity contribution is -0.134. The molecule has 1 aliphatic heterocycles. The van der Waals surface area contributed by atoms with Crippen molar-refractivity contribution in [3.8, 4) is 0 Å². The minimum atomic E-state index is -0.399. The first-order valence-electron chi connectivity index (χ1n) is 12.0. The van der Waals surface area contributed by atoms with Crippen LogP contribution in [-0.4, -0.2) is 70.7 Å². The van der Waals surface area contributed by atoms with E-state index in [1.54, 1.807) is 37.2 Å². The zero-order chi connectivity index (χ0) is 25.6. The summed E-state index contributed by atoms with van der Waals surface area (Å²) in [6, 6.07) is 6.44. The van der Waals surface area contributed by atoms with Gasteiger partial charge in [0.1, 0.15) is 5.69 Å². The smallest absolute Gasteiger partial charge is 0.280 e. The molecule has 5 rings (SSSR count). The van der Waals surface area contributed by atoms with Crippen molar-refractivity contribution in [1.29, 1.82) is 0 Å². The summed E-state index contributed by atoms with van der Waals surface area (Å²) in [4.78, 5) is 51.5. The van der Waals surface area contributed by atoms with E-state index in [-0.39, 0.29) is 42.1 Å². The van der Waals surface area contributed by atoms with Gasteiger partial charge in [-0.2, -0.15) is 0 Å². The molecule has 0 unspecified atom stereocenters. The Hall–Kier alpha value is -2.66. The van der Waals surface area contributed by atoms with Gasteiger partial charge >= 0.3 is 0 Å². The number of aromatic nitrogens is 2. The molecule has 12 heteroatoms. The fourth-order valence-corrected chi connectivity index (χ4v) is 6.31. The average molecular weight is 566 g/mol. The summed E-state index contributed by atoms with van der Waals surface area (Å²) in [7, 11) is 5.49. The first-order valence-corrected chi connectivity index (χ1v) is 13.2. The second kappa shape index (κ2) is 11.0. The van der Waals surface area contributed by atoms with E-state index < -0.39 is 6.04 Å². The highest BCUT2D eigenvalue weighted by atomic mass is 35.5. The Bertz CT molecular complexity index is 1320. The van der Waals surface area contributed by atoms with E-state index in [1.807, 2.05) is 13.1 Å². The molecular formula is C25H30Cl2N6O3S. The first-order chi connectivity index (χ1) is 17.2. The number of nitrogens with one attached hydrogen (secondary N) is 3. The number of carbonyl (C=O) groups excluding carboxylic acids is 3. The molecule has 3 heterocycles. The lowest BCUT2D eigenvalue weighted by atomic mass is 9.81. The molecule has 0 saturated heterocycles. The Labute approximate surface area is 230 Å². The number of H-pyrrole nitrogens is 1. The van der Waals surface area contributed by atoms with Gasteiger partial charge in [-0.3, -0.25) is 19.3 Å². The summed E-state index contributed by atoms with van der Waals surface area (Å²) in [5, 5.41) is 8.03. The van der Waals surface area contributed by atoms with Gasteiger partial charge in [0, 0.05) is 59.9 Å². The van der Waals surface area contributed by atoms with Crippen molar-refractivity contribution < 1.29 is 14.4 Å². The van der Waals surface area contributed by atoms with Crippen molar-refractivity contribution in [3.63, 3.8) is 0 Å².